The van der Waals surface area contributed by atoms with Gasteiger partial charge in [0.05, 0.1) is 17.9 Å². The van der Waals surface area contributed by atoms with Gasteiger partial charge in [-0.2, -0.15) is 5.10 Å². The number of carbonyl (C=O) groups is 1. The van der Waals surface area contributed by atoms with E-state index in [1.165, 1.54) is 0 Å². The van der Waals surface area contributed by atoms with E-state index in [0.717, 1.165) is 30.5 Å². The fourth-order valence-corrected chi connectivity index (χ4v) is 3.30. The molecule has 1 atom stereocenters. The third-order valence-electron chi connectivity index (χ3n) is 4.72. The number of nitrogens with zero attached hydrogens (tertiary/aromatic N) is 3. The van der Waals surface area contributed by atoms with Crippen molar-refractivity contribution in [2.24, 2.45) is 7.05 Å². The zero-order chi connectivity index (χ0) is 18.4. The molecule has 25 heavy (non-hydrogen) atoms. The minimum Gasteiger partial charge on any atom is -0.345 e. The van der Waals surface area contributed by atoms with Crippen molar-refractivity contribution in [1.82, 2.24) is 25.1 Å². The molecule has 3 rings (SSSR count). The zero-order valence-electron chi connectivity index (χ0n) is 15.4. The minimum atomic E-state index is -0.392. The van der Waals surface area contributed by atoms with Crippen LogP contribution in [0.25, 0.3) is 0 Å². The fourth-order valence-electron chi connectivity index (χ4n) is 3.30. The lowest BCUT2D eigenvalue weighted by atomic mass is 9.92. The molecule has 7 nitrogen and oxygen atoms in total. The van der Waals surface area contributed by atoms with E-state index in [1.807, 2.05) is 32.5 Å². The van der Waals surface area contributed by atoms with Crippen molar-refractivity contribution in [1.29, 1.82) is 0 Å². The van der Waals surface area contributed by atoms with Gasteiger partial charge in [-0.05, 0) is 26.2 Å². The molecular formula is C18H25N5O2. The molecule has 0 fully saturated rings. The number of amides is 1. The van der Waals surface area contributed by atoms with Gasteiger partial charge in [0, 0.05) is 23.7 Å². The Bertz CT molecular complexity index is 873. The summed E-state index contributed by atoms with van der Waals surface area (Å²) in [6.45, 7) is 7.61. The third kappa shape index (κ3) is 3.23. The van der Waals surface area contributed by atoms with E-state index >= 15 is 0 Å². The van der Waals surface area contributed by atoms with Crippen molar-refractivity contribution >= 4 is 5.91 Å². The molecule has 2 N–H and O–H groups in total. The number of carbonyl (C=O) groups excluding carboxylic acids is 1. The van der Waals surface area contributed by atoms with Crippen molar-refractivity contribution in [2.75, 3.05) is 0 Å². The van der Waals surface area contributed by atoms with Crippen LogP contribution < -0.4 is 10.9 Å². The largest absolute Gasteiger partial charge is 0.345 e. The van der Waals surface area contributed by atoms with Gasteiger partial charge < -0.3 is 10.3 Å². The van der Waals surface area contributed by atoms with Gasteiger partial charge in [-0.3, -0.25) is 14.3 Å². The average molecular weight is 343 g/mol. The van der Waals surface area contributed by atoms with Gasteiger partial charge in [-0.15, -0.1) is 0 Å². The molecule has 0 aromatic carbocycles. The SMILES string of the molecule is Cc1nc(C(C)(C)C)[nH]c(=O)c1C(=O)N[C@@H]1CCCc2c1cnn2C. The Balaban J connectivity index is 1.89. The summed E-state index contributed by atoms with van der Waals surface area (Å²) in [6, 6.07) is -0.119. The maximum Gasteiger partial charge on any atom is 0.264 e. The van der Waals surface area contributed by atoms with E-state index in [1.54, 1.807) is 13.1 Å². The molecule has 1 aliphatic rings. The molecule has 0 unspecified atom stereocenters. The first-order valence-electron chi connectivity index (χ1n) is 8.61. The molecule has 2 heterocycles. The highest BCUT2D eigenvalue weighted by atomic mass is 16.2. The highest BCUT2D eigenvalue weighted by Crippen LogP contribution is 2.29. The normalized spacial score (nSPS) is 17.2. The number of fused-ring (bicyclic) bond motifs is 1. The molecule has 0 saturated heterocycles. The van der Waals surface area contributed by atoms with Crippen LogP contribution in [0.15, 0.2) is 11.0 Å². The molecule has 1 aliphatic carbocycles. The topological polar surface area (TPSA) is 92.7 Å². The van der Waals surface area contributed by atoms with Crippen LogP contribution in [0.2, 0.25) is 0 Å². The van der Waals surface area contributed by atoms with Crippen LogP contribution in [0.4, 0.5) is 0 Å². The van der Waals surface area contributed by atoms with Crippen LogP contribution in [-0.2, 0) is 18.9 Å². The van der Waals surface area contributed by atoms with Gasteiger partial charge in [0.25, 0.3) is 11.5 Å². The summed E-state index contributed by atoms with van der Waals surface area (Å²) >= 11 is 0. The summed E-state index contributed by atoms with van der Waals surface area (Å²) in [4.78, 5) is 32.4. The van der Waals surface area contributed by atoms with Crippen molar-refractivity contribution in [3.63, 3.8) is 0 Å². The van der Waals surface area contributed by atoms with Crippen molar-refractivity contribution in [3.8, 4) is 0 Å². The number of hydrogen-bond acceptors (Lipinski definition) is 4. The van der Waals surface area contributed by atoms with Crippen LogP contribution in [-0.4, -0.2) is 25.7 Å². The fraction of sp³-hybridized carbons (Fsp3) is 0.556. The second-order valence-electron chi connectivity index (χ2n) is 7.71. The van der Waals surface area contributed by atoms with Gasteiger partial charge >= 0.3 is 0 Å². The maximum atomic E-state index is 12.7. The van der Waals surface area contributed by atoms with E-state index in [-0.39, 0.29) is 22.9 Å². The Morgan fingerprint density at radius 1 is 1.40 bits per heavy atom. The lowest BCUT2D eigenvalue weighted by Gasteiger charge is -2.24. The highest BCUT2D eigenvalue weighted by Gasteiger charge is 2.27. The Morgan fingerprint density at radius 2 is 2.12 bits per heavy atom. The lowest BCUT2D eigenvalue weighted by molar-refractivity contribution is 0.0929. The van der Waals surface area contributed by atoms with Crippen LogP contribution >= 0.6 is 0 Å². The maximum absolute atomic E-state index is 12.7. The molecule has 0 bridgehead atoms. The molecule has 1 amide bonds. The number of aromatic amines is 1. The molecule has 0 saturated carbocycles. The van der Waals surface area contributed by atoms with Crippen LogP contribution in [0.5, 0.6) is 0 Å². The molecule has 134 valence electrons. The molecule has 0 aliphatic heterocycles. The van der Waals surface area contributed by atoms with E-state index in [4.69, 9.17) is 0 Å². The number of aromatic nitrogens is 4. The average Bonchev–Trinajstić information content (AvgIpc) is 2.88. The van der Waals surface area contributed by atoms with E-state index < -0.39 is 5.56 Å². The summed E-state index contributed by atoms with van der Waals surface area (Å²) in [5.74, 6) is 0.201. The molecule has 0 radical (unpaired) electrons. The molecule has 7 heteroatoms. The molecule has 2 aromatic rings. The van der Waals surface area contributed by atoms with E-state index in [0.29, 0.717) is 11.5 Å². The smallest absolute Gasteiger partial charge is 0.264 e. The Kier molecular flexibility index (Phi) is 4.26. The number of H-pyrrole nitrogens is 1. The first kappa shape index (κ1) is 17.4. The highest BCUT2D eigenvalue weighted by molar-refractivity contribution is 5.95. The molecule has 0 spiro atoms. The first-order valence-corrected chi connectivity index (χ1v) is 8.61. The molecule has 2 aromatic heterocycles. The van der Waals surface area contributed by atoms with Gasteiger partial charge in [0.2, 0.25) is 0 Å². The number of nitrogens with one attached hydrogen (secondary N) is 2. The number of hydrogen-bond donors (Lipinski definition) is 2. The minimum absolute atomic E-state index is 0.0870. The number of rotatable bonds is 2. The standard InChI is InChI=1S/C18H25N5O2/c1-10-14(16(25)22-17(20-10)18(2,3)4)15(24)21-12-7-6-8-13-11(12)9-19-23(13)5/h9,12H,6-8H2,1-5H3,(H,21,24)(H,20,22,25)/t12-/m1/s1. The van der Waals surface area contributed by atoms with Gasteiger partial charge in [0.15, 0.2) is 0 Å². The van der Waals surface area contributed by atoms with E-state index in [9.17, 15) is 9.59 Å². The summed E-state index contributed by atoms with van der Waals surface area (Å²) in [5.41, 5.74) is 2.04. The Hall–Kier alpha value is -2.44. The van der Waals surface area contributed by atoms with E-state index in [2.05, 4.69) is 20.4 Å². The second kappa shape index (κ2) is 6.13. The lowest BCUT2D eigenvalue weighted by Crippen LogP contribution is -2.36. The van der Waals surface area contributed by atoms with Gasteiger partial charge in [-0.1, -0.05) is 20.8 Å². The predicted molar refractivity (Wildman–Crippen MR) is 94.6 cm³/mol. The van der Waals surface area contributed by atoms with Crippen molar-refractivity contribution < 1.29 is 4.79 Å². The third-order valence-corrected chi connectivity index (χ3v) is 4.72. The number of aryl methyl sites for hydroxylation is 2. The second-order valence-corrected chi connectivity index (χ2v) is 7.71. The van der Waals surface area contributed by atoms with Crippen LogP contribution in [0.3, 0.4) is 0 Å². The summed E-state index contributed by atoms with van der Waals surface area (Å²) < 4.78 is 1.85. The summed E-state index contributed by atoms with van der Waals surface area (Å²) in [6.07, 6.45) is 4.58. The monoisotopic (exact) mass is 343 g/mol. The van der Waals surface area contributed by atoms with Crippen molar-refractivity contribution in [2.45, 2.75) is 58.4 Å². The molecular weight excluding hydrogens is 318 g/mol. The van der Waals surface area contributed by atoms with Crippen LogP contribution in [0, 0.1) is 6.92 Å². The van der Waals surface area contributed by atoms with Crippen molar-refractivity contribution in [3.05, 3.63) is 44.9 Å². The first-order chi connectivity index (χ1) is 11.7. The van der Waals surface area contributed by atoms with Crippen LogP contribution in [0.1, 0.15) is 72.8 Å². The van der Waals surface area contributed by atoms with Gasteiger partial charge in [0.1, 0.15) is 11.4 Å². The Labute approximate surface area is 146 Å². The summed E-state index contributed by atoms with van der Waals surface area (Å²) in [7, 11) is 1.91. The zero-order valence-corrected chi connectivity index (χ0v) is 15.4. The summed E-state index contributed by atoms with van der Waals surface area (Å²) in [5, 5.41) is 7.28. The van der Waals surface area contributed by atoms with Gasteiger partial charge in [-0.25, -0.2) is 4.98 Å². The predicted octanol–water partition coefficient (Wildman–Crippen LogP) is 1.92. The Morgan fingerprint density at radius 3 is 2.76 bits per heavy atom. The quantitative estimate of drug-likeness (QED) is 0.871.